The summed E-state index contributed by atoms with van der Waals surface area (Å²) in [5.74, 6) is 2.32. The topological polar surface area (TPSA) is 47.9 Å². The summed E-state index contributed by atoms with van der Waals surface area (Å²) in [6, 6.07) is 0. The number of rotatable bonds is 10. The highest BCUT2D eigenvalue weighted by molar-refractivity contribution is 5.09. The molecule has 1 N–H and O–H groups in total. The lowest BCUT2D eigenvalue weighted by molar-refractivity contribution is 0.000270. The predicted molar refractivity (Wildman–Crippen MR) is 68.4 cm³/mol. The number of allylic oxidation sites excluding steroid dienone is 2. The summed E-state index contributed by atoms with van der Waals surface area (Å²) < 4.78 is 16.1. The van der Waals surface area contributed by atoms with Crippen molar-refractivity contribution in [2.75, 3.05) is 46.2 Å². The molecule has 1 unspecified atom stereocenters. The van der Waals surface area contributed by atoms with Gasteiger partial charge in [-0.15, -0.1) is 0 Å². The molecule has 0 aromatic heterocycles. The first-order chi connectivity index (χ1) is 8.90. The fourth-order valence-electron chi connectivity index (χ4n) is 2.83. The molecule has 0 spiro atoms. The van der Waals surface area contributed by atoms with E-state index in [2.05, 4.69) is 12.2 Å². The molecule has 0 saturated heterocycles. The van der Waals surface area contributed by atoms with E-state index >= 15 is 0 Å². The van der Waals surface area contributed by atoms with Crippen molar-refractivity contribution < 1.29 is 19.3 Å². The second kappa shape index (κ2) is 7.89. The van der Waals surface area contributed by atoms with Gasteiger partial charge in [0, 0.05) is 0 Å². The van der Waals surface area contributed by atoms with Crippen molar-refractivity contribution >= 4 is 0 Å². The minimum atomic E-state index is 0.0705. The molecule has 2 aliphatic rings. The summed E-state index contributed by atoms with van der Waals surface area (Å²) in [6.45, 7) is 3.73. The van der Waals surface area contributed by atoms with Crippen LogP contribution in [-0.4, -0.2) is 51.4 Å². The molecule has 4 nitrogen and oxygen atoms in total. The number of hydrogen-bond acceptors (Lipinski definition) is 4. The number of hydrogen-bond donors (Lipinski definition) is 1. The molecule has 2 bridgehead atoms. The Morgan fingerprint density at radius 3 is 2.22 bits per heavy atom. The summed E-state index contributed by atoms with van der Waals surface area (Å²) in [4.78, 5) is 0. The first kappa shape index (κ1) is 14.0. The van der Waals surface area contributed by atoms with Crippen LogP contribution in [0.3, 0.4) is 0 Å². The Hall–Kier alpha value is -0.420. The molecule has 2 aliphatic carbocycles. The molecule has 0 radical (unpaired) electrons. The molecule has 0 heterocycles. The average molecular weight is 256 g/mol. The molecular weight excluding hydrogens is 232 g/mol. The van der Waals surface area contributed by atoms with Crippen LogP contribution in [0, 0.1) is 17.8 Å². The maximum Gasteiger partial charge on any atom is 0.0701 e. The van der Waals surface area contributed by atoms with E-state index in [1.54, 1.807) is 0 Å². The summed E-state index contributed by atoms with van der Waals surface area (Å²) in [5.41, 5.74) is 0. The van der Waals surface area contributed by atoms with Crippen LogP contribution in [0.4, 0.5) is 0 Å². The second-order valence-corrected chi connectivity index (χ2v) is 5.06. The Kier molecular flexibility index (Phi) is 6.14. The summed E-state index contributed by atoms with van der Waals surface area (Å²) >= 11 is 0. The van der Waals surface area contributed by atoms with Gasteiger partial charge in [-0.1, -0.05) is 12.2 Å². The molecule has 104 valence electrons. The highest BCUT2D eigenvalue weighted by atomic mass is 16.5. The zero-order valence-corrected chi connectivity index (χ0v) is 10.9. The van der Waals surface area contributed by atoms with E-state index in [-0.39, 0.29) is 6.61 Å². The first-order valence-corrected chi connectivity index (χ1v) is 6.92. The van der Waals surface area contributed by atoms with E-state index in [1.807, 2.05) is 0 Å². The highest BCUT2D eigenvalue weighted by Gasteiger charge is 2.35. The van der Waals surface area contributed by atoms with Crippen LogP contribution in [0.1, 0.15) is 12.8 Å². The normalized spacial score (nSPS) is 29.3. The molecule has 3 atom stereocenters. The first-order valence-electron chi connectivity index (χ1n) is 6.92. The molecule has 18 heavy (non-hydrogen) atoms. The van der Waals surface area contributed by atoms with Gasteiger partial charge in [0.25, 0.3) is 0 Å². The molecule has 0 amide bonds. The Labute approximate surface area is 109 Å². The Morgan fingerprint density at radius 2 is 1.61 bits per heavy atom. The van der Waals surface area contributed by atoms with Crippen molar-refractivity contribution in [1.29, 1.82) is 0 Å². The van der Waals surface area contributed by atoms with Crippen molar-refractivity contribution in [2.24, 2.45) is 17.8 Å². The van der Waals surface area contributed by atoms with Crippen molar-refractivity contribution in [3.63, 3.8) is 0 Å². The minimum Gasteiger partial charge on any atom is -0.394 e. The number of fused-ring (bicyclic) bond motifs is 2. The molecule has 4 heteroatoms. The van der Waals surface area contributed by atoms with Gasteiger partial charge >= 0.3 is 0 Å². The van der Waals surface area contributed by atoms with Crippen LogP contribution in [0.15, 0.2) is 12.2 Å². The van der Waals surface area contributed by atoms with Gasteiger partial charge in [-0.3, -0.25) is 0 Å². The number of aliphatic hydroxyl groups is 1. The second-order valence-electron chi connectivity index (χ2n) is 5.06. The molecule has 0 aromatic carbocycles. The quantitative estimate of drug-likeness (QED) is 0.472. The van der Waals surface area contributed by atoms with Gasteiger partial charge in [-0.05, 0) is 30.6 Å². The van der Waals surface area contributed by atoms with Crippen LogP contribution >= 0.6 is 0 Å². The molecule has 0 aliphatic heterocycles. The van der Waals surface area contributed by atoms with Crippen molar-refractivity contribution in [1.82, 2.24) is 0 Å². The Morgan fingerprint density at radius 1 is 0.889 bits per heavy atom. The third-order valence-electron chi connectivity index (χ3n) is 3.73. The number of ether oxygens (including phenoxy) is 3. The zero-order chi connectivity index (χ0) is 12.6. The van der Waals surface area contributed by atoms with Crippen molar-refractivity contribution in [3.05, 3.63) is 12.2 Å². The van der Waals surface area contributed by atoms with E-state index < -0.39 is 0 Å². The van der Waals surface area contributed by atoms with Gasteiger partial charge in [-0.25, -0.2) is 0 Å². The summed E-state index contributed by atoms with van der Waals surface area (Å²) in [7, 11) is 0. The molecule has 0 aromatic rings. The minimum absolute atomic E-state index is 0.0705. The summed E-state index contributed by atoms with van der Waals surface area (Å²) in [5, 5.41) is 8.50. The summed E-state index contributed by atoms with van der Waals surface area (Å²) in [6.07, 6.45) is 7.36. The van der Waals surface area contributed by atoms with Gasteiger partial charge in [0.1, 0.15) is 0 Å². The standard InChI is InChI=1S/C14H24O4/c15-3-4-16-5-6-17-7-8-18-11-14-10-12-1-2-13(14)9-12/h1-2,12-15H,3-11H2/t12-,13+,14?/m0/s1. The average Bonchev–Trinajstić information content (AvgIpc) is 2.99. The fourth-order valence-corrected chi connectivity index (χ4v) is 2.83. The molecule has 1 fully saturated rings. The van der Waals surface area contributed by atoms with Crippen LogP contribution < -0.4 is 0 Å². The molecular formula is C14H24O4. The van der Waals surface area contributed by atoms with Crippen LogP contribution in [0.25, 0.3) is 0 Å². The van der Waals surface area contributed by atoms with E-state index in [1.165, 1.54) is 12.8 Å². The SMILES string of the molecule is OCCOCCOCCOCC1C[C@H]2C=C[C@@H]1C2. The lowest BCUT2D eigenvalue weighted by Crippen LogP contribution is -2.17. The van der Waals surface area contributed by atoms with Gasteiger partial charge in [0.15, 0.2) is 0 Å². The fraction of sp³-hybridized carbons (Fsp3) is 0.857. The third kappa shape index (κ3) is 4.35. The third-order valence-corrected chi connectivity index (χ3v) is 3.73. The van der Waals surface area contributed by atoms with Gasteiger partial charge in [0.2, 0.25) is 0 Å². The van der Waals surface area contributed by atoms with Crippen LogP contribution in [-0.2, 0) is 14.2 Å². The van der Waals surface area contributed by atoms with Crippen LogP contribution in [0.2, 0.25) is 0 Å². The Balaban J connectivity index is 1.37. The van der Waals surface area contributed by atoms with E-state index in [9.17, 15) is 0 Å². The lowest BCUT2D eigenvalue weighted by atomic mass is 9.95. The Bertz CT molecular complexity index is 254. The maximum absolute atomic E-state index is 8.50. The van der Waals surface area contributed by atoms with Crippen molar-refractivity contribution in [3.8, 4) is 0 Å². The number of aliphatic hydroxyl groups excluding tert-OH is 1. The lowest BCUT2D eigenvalue weighted by Gasteiger charge is -2.17. The van der Waals surface area contributed by atoms with Gasteiger partial charge in [0.05, 0.1) is 46.2 Å². The molecule has 1 saturated carbocycles. The highest BCUT2D eigenvalue weighted by Crippen LogP contribution is 2.43. The van der Waals surface area contributed by atoms with E-state index in [0.29, 0.717) is 33.0 Å². The van der Waals surface area contributed by atoms with Crippen molar-refractivity contribution in [2.45, 2.75) is 12.8 Å². The molecule has 2 rings (SSSR count). The monoisotopic (exact) mass is 256 g/mol. The maximum atomic E-state index is 8.50. The van der Waals surface area contributed by atoms with Gasteiger partial charge < -0.3 is 19.3 Å². The van der Waals surface area contributed by atoms with E-state index in [4.69, 9.17) is 19.3 Å². The smallest absolute Gasteiger partial charge is 0.0701 e. The largest absolute Gasteiger partial charge is 0.394 e. The van der Waals surface area contributed by atoms with Crippen LogP contribution in [0.5, 0.6) is 0 Å². The van der Waals surface area contributed by atoms with E-state index in [0.717, 1.165) is 24.4 Å². The van der Waals surface area contributed by atoms with Gasteiger partial charge in [-0.2, -0.15) is 0 Å². The zero-order valence-electron chi connectivity index (χ0n) is 10.9. The predicted octanol–water partition coefficient (Wildman–Crippen LogP) is 1.24.